The zero-order valence-electron chi connectivity index (χ0n) is 8.56. The smallest absolute Gasteiger partial charge is 0.308 e. The molecule has 0 aliphatic carbocycles. The van der Waals surface area contributed by atoms with Crippen molar-refractivity contribution >= 4 is 18.2 Å². The highest BCUT2D eigenvalue weighted by Crippen LogP contribution is 2.07. The molecule has 0 amide bonds. The van der Waals surface area contributed by atoms with Crippen LogP contribution >= 0.6 is 12.2 Å². The molecule has 5 nitrogen and oxygen atoms in total. The van der Waals surface area contributed by atoms with E-state index in [-0.39, 0.29) is 19.0 Å². The topological polar surface area (TPSA) is 59.0 Å². The molecule has 0 aliphatic rings. The molecule has 0 aromatic carbocycles. The van der Waals surface area contributed by atoms with Gasteiger partial charge in [-0.2, -0.15) is 0 Å². The lowest BCUT2D eigenvalue weighted by Crippen LogP contribution is -2.15. The number of rotatable bonds is 8. The molecule has 0 aromatic rings. The highest BCUT2D eigenvalue weighted by molar-refractivity contribution is 7.92. The van der Waals surface area contributed by atoms with E-state index in [2.05, 4.69) is 0 Å². The normalized spacial score (nSPS) is 10.6. The van der Waals surface area contributed by atoms with E-state index in [1.807, 2.05) is 0 Å². The second kappa shape index (κ2) is 9.26. The molecule has 0 bridgehead atoms. The summed E-state index contributed by atoms with van der Waals surface area (Å²) in [6, 6.07) is 0. The van der Waals surface area contributed by atoms with Crippen molar-refractivity contribution in [1.29, 1.82) is 0 Å². The quantitative estimate of drug-likeness (QED) is 0.279. The number of likely N-dealkylation sites (N-methyl/N-ethyl adjacent to an activating group) is 1. The predicted octanol–water partition coefficient (Wildman–Crippen LogP) is 0.443. The molecule has 0 aromatic heterocycles. The third kappa shape index (κ3) is 8.31. The zero-order valence-corrected chi connectivity index (χ0v) is 9.38. The van der Waals surface area contributed by atoms with Gasteiger partial charge in [-0.15, -0.1) is 0 Å². The molecule has 0 saturated heterocycles. The summed E-state index contributed by atoms with van der Waals surface area (Å²) in [6.07, 6.45) is 0.258. The number of hydrogen-bond acceptors (Lipinski definition) is 6. The first-order chi connectivity index (χ1) is 6.70. The van der Waals surface area contributed by atoms with Gasteiger partial charge in [0.25, 0.3) is 0 Å². The van der Waals surface area contributed by atoms with E-state index in [9.17, 15) is 4.79 Å². The monoisotopic (exact) mass is 223 g/mol. The van der Waals surface area contributed by atoms with Crippen molar-refractivity contribution in [2.75, 3.05) is 33.4 Å². The third-order valence-electron chi connectivity index (χ3n) is 1.29. The SMILES string of the molecule is CCOC(=O)CCOSN(C)CCO. The Morgan fingerprint density at radius 1 is 1.57 bits per heavy atom. The fourth-order valence-corrected chi connectivity index (χ4v) is 1.16. The Hall–Kier alpha value is -0.300. The summed E-state index contributed by atoms with van der Waals surface area (Å²) >= 11 is 1.13. The van der Waals surface area contributed by atoms with Crippen LogP contribution < -0.4 is 0 Å². The van der Waals surface area contributed by atoms with Gasteiger partial charge in [0, 0.05) is 6.54 Å². The number of esters is 1. The lowest BCUT2D eigenvalue weighted by Gasteiger charge is -2.12. The molecule has 0 atom stereocenters. The maximum absolute atomic E-state index is 10.8. The first-order valence-corrected chi connectivity index (χ1v) is 5.17. The molecular formula is C8H17NO4S. The molecule has 0 radical (unpaired) electrons. The van der Waals surface area contributed by atoms with Crippen LogP contribution in [0.15, 0.2) is 0 Å². The maximum atomic E-state index is 10.8. The standard InChI is InChI=1S/C8H17NO4S/c1-3-12-8(11)4-7-13-14-9(2)5-6-10/h10H,3-7H2,1-2H3. The van der Waals surface area contributed by atoms with Crippen LogP contribution in [0.4, 0.5) is 0 Å². The molecule has 0 rings (SSSR count). The van der Waals surface area contributed by atoms with Gasteiger partial charge in [-0.25, -0.2) is 4.31 Å². The molecule has 0 fully saturated rings. The summed E-state index contributed by atoms with van der Waals surface area (Å²) in [7, 11) is 1.80. The first-order valence-electron chi connectivity index (χ1n) is 4.48. The lowest BCUT2D eigenvalue weighted by molar-refractivity contribution is -0.143. The number of aliphatic hydroxyl groups is 1. The molecule has 84 valence electrons. The van der Waals surface area contributed by atoms with E-state index in [0.717, 1.165) is 12.2 Å². The van der Waals surface area contributed by atoms with Gasteiger partial charge in [-0.1, -0.05) is 0 Å². The van der Waals surface area contributed by atoms with Crippen LogP contribution in [0.25, 0.3) is 0 Å². The second-order valence-corrected chi connectivity index (χ2v) is 3.53. The lowest BCUT2D eigenvalue weighted by atomic mass is 10.5. The van der Waals surface area contributed by atoms with E-state index in [1.165, 1.54) is 0 Å². The molecule has 1 N–H and O–H groups in total. The van der Waals surface area contributed by atoms with Gasteiger partial charge in [-0.3, -0.25) is 4.79 Å². The van der Waals surface area contributed by atoms with Gasteiger partial charge in [0.15, 0.2) is 0 Å². The van der Waals surface area contributed by atoms with Crippen molar-refractivity contribution in [3.05, 3.63) is 0 Å². The summed E-state index contributed by atoms with van der Waals surface area (Å²) in [5, 5.41) is 8.57. The van der Waals surface area contributed by atoms with Gasteiger partial charge >= 0.3 is 5.97 Å². The fourth-order valence-electron chi connectivity index (χ4n) is 0.663. The largest absolute Gasteiger partial charge is 0.466 e. The minimum Gasteiger partial charge on any atom is -0.466 e. The highest BCUT2D eigenvalue weighted by Gasteiger charge is 2.03. The van der Waals surface area contributed by atoms with Crippen molar-refractivity contribution < 1.29 is 18.8 Å². The van der Waals surface area contributed by atoms with Crippen LogP contribution in [-0.4, -0.2) is 48.8 Å². The summed E-state index contributed by atoms with van der Waals surface area (Å²) in [5.74, 6) is -0.252. The van der Waals surface area contributed by atoms with Crippen molar-refractivity contribution in [3.63, 3.8) is 0 Å². The van der Waals surface area contributed by atoms with E-state index < -0.39 is 0 Å². The van der Waals surface area contributed by atoms with Crippen LogP contribution in [0.3, 0.4) is 0 Å². The van der Waals surface area contributed by atoms with Gasteiger partial charge in [0.05, 0.1) is 38.5 Å². The van der Waals surface area contributed by atoms with Gasteiger partial charge in [0.1, 0.15) is 0 Å². The Labute approximate surface area is 88.7 Å². The van der Waals surface area contributed by atoms with Gasteiger partial charge in [-0.05, 0) is 14.0 Å². The maximum Gasteiger partial charge on any atom is 0.308 e. The molecule has 0 heterocycles. The molecule has 6 heteroatoms. The van der Waals surface area contributed by atoms with Crippen molar-refractivity contribution in [2.24, 2.45) is 0 Å². The molecule has 0 saturated carbocycles. The summed E-state index contributed by atoms with van der Waals surface area (Å²) in [6.45, 7) is 3.10. The van der Waals surface area contributed by atoms with Crippen molar-refractivity contribution in [3.8, 4) is 0 Å². The third-order valence-corrected chi connectivity index (χ3v) is 2.00. The number of carbonyl (C=O) groups is 1. The van der Waals surface area contributed by atoms with E-state index in [1.54, 1.807) is 18.3 Å². The van der Waals surface area contributed by atoms with Crippen LogP contribution in [0.5, 0.6) is 0 Å². The number of hydrogen-bond donors (Lipinski definition) is 1. The summed E-state index contributed by atoms with van der Waals surface area (Å²) < 4.78 is 11.6. The summed E-state index contributed by atoms with van der Waals surface area (Å²) in [5.41, 5.74) is 0. The molecule has 0 spiro atoms. The molecule has 14 heavy (non-hydrogen) atoms. The number of ether oxygens (including phenoxy) is 1. The van der Waals surface area contributed by atoms with Gasteiger partial charge in [0.2, 0.25) is 0 Å². The van der Waals surface area contributed by atoms with E-state index in [4.69, 9.17) is 14.0 Å². The molecular weight excluding hydrogens is 206 g/mol. The number of carbonyl (C=O) groups excluding carboxylic acids is 1. The Kier molecular flexibility index (Phi) is 9.06. The van der Waals surface area contributed by atoms with Crippen LogP contribution in [0.2, 0.25) is 0 Å². The van der Waals surface area contributed by atoms with Crippen LogP contribution in [-0.2, 0) is 13.7 Å². The average molecular weight is 223 g/mol. The van der Waals surface area contributed by atoms with Gasteiger partial charge < -0.3 is 14.0 Å². The predicted molar refractivity (Wildman–Crippen MR) is 54.5 cm³/mol. The molecule has 0 unspecified atom stereocenters. The van der Waals surface area contributed by atoms with Crippen molar-refractivity contribution in [1.82, 2.24) is 4.31 Å². The van der Waals surface area contributed by atoms with Crippen molar-refractivity contribution in [2.45, 2.75) is 13.3 Å². The number of nitrogens with zero attached hydrogens (tertiary/aromatic N) is 1. The van der Waals surface area contributed by atoms with E-state index >= 15 is 0 Å². The Balaban J connectivity index is 3.24. The Morgan fingerprint density at radius 3 is 2.86 bits per heavy atom. The van der Waals surface area contributed by atoms with E-state index in [0.29, 0.717) is 19.8 Å². The minimum atomic E-state index is -0.252. The minimum absolute atomic E-state index is 0.0880. The van der Waals surface area contributed by atoms with Crippen LogP contribution in [0, 0.1) is 0 Å². The fraction of sp³-hybridized carbons (Fsp3) is 0.875. The Morgan fingerprint density at radius 2 is 2.29 bits per heavy atom. The Bertz CT molecular complexity index is 156. The average Bonchev–Trinajstić information content (AvgIpc) is 2.13. The first kappa shape index (κ1) is 13.7. The van der Waals surface area contributed by atoms with Crippen LogP contribution in [0.1, 0.15) is 13.3 Å². The zero-order chi connectivity index (χ0) is 10.8. The number of aliphatic hydroxyl groups excluding tert-OH is 1. The summed E-state index contributed by atoms with van der Waals surface area (Å²) in [4.78, 5) is 10.8. The molecule has 0 aliphatic heterocycles. The second-order valence-electron chi connectivity index (χ2n) is 2.53. The highest BCUT2D eigenvalue weighted by atomic mass is 32.2.